The van der Waals surface area contributed by atoms with Gasteiger partial charge in [-0.1, -0.05) is 36.8 Å². The van der Waals surface area contributed by atoms with E-state index in [9.17, 15) is 9.59 Å². The molecular formula is C17H21N5O2S. The van der Waals surface area contributed by atoms with Gasteiger partial charge in [0.15, 0.2) is 0 Å². The average Bonchev–Trinajstić information content (AvgIpc) is 3.16. The Morgan fingerprint density at radius 2 is 2.24 bits per heavy atom. The number of rotatable bonds is 6. The molecule has 1 unspecified atom stereocenters. The number of benzene rings is 1. The van der Waals surface area contributed by atoms with Crippen LogP contribution in [0.4, 0.5) is 15.6 Å². The van der Waals surface area contributed by atoms with Crippen molar-refractivity contribution >= 4 is 34.1 Å². The van der Waals surface area contributed by atoms with Crippen molar-refractivity contribution in [1.82, 2.24) is 15.5 Å². The Bertz CT molecular complexity index is 789. The average molecular weight is 359 g/mol. The summed E-state index contributed by atoms with van der Waals surface area (Å²) in [5.74, 6) is 0.000604. The van der Waals surface area contributed by atoms with E-state index >= 15 is 0 Å². The molecular weight excluding hydrogens is 338 g/mol. The van der Waals surface area contributed by atoms with E-state index < -0.39 is 0 Å². The molecule has 8 heteroatoms. The number of fused-ring (bicyclic) bond motifs is 1. The predicted octanol–water partition coefficient (Wildman–Crippen LogP) is 3.26. The number of aromatic nitrogens is 2. The molecule has 0 aliphatic carbocycles. The molecule has 1 aromatic heterocycles. The van der Waals surface area contributed by atoms with Crippen LogP contribution in [0.3, 0.4) is 0 Å². The van der Waals surface area contributed by atoms with Crippen LogP contribution in [-0.4, -0.2) is 22.1 Å². The summed E-state index contributed by atoms with van der Waals surface area (Å²) in [5, 5.41) is 17.9. The van der Waals surface area contributed by atoms with Gasteiger partial charge in [-0.05, 0) is 30.5 Å². The largest absolute Gasteiger partial charge is 0.331 e. The highest BCUT2D eigenvalue weighted by molar-refractivity contribution is 7.15. The number of hydrogen-bond donors (Lipinski definition) is 3. The van der Waals surface area contributed by atoms with Gasteiger partial charge in [-0.25, -0.2) is 4.79 Å². The van der Waals surface area contributed by atoms with E-state index in [1.165, 1.54) is 11.3 Å². The third-order valence-electron chi connectivity index (χ3n) is 4.03. The van der Waals surface area contributed by atoms with Crippen molar-refractivity contribution < 1.29 is 9.59 Å². The van der Waals surface area contributed by atoms with Crippen molar-refractivity contribution in [1.29, 1.82) is 0 Å². The third-order valence-corrected chi connectivity index (χ3v) is 4.93. The summed E-state index contributed by atoms with van der Waals surface area (Å²) in [4.78, 5) is 23.6. The van der Waals surface area contributed by atoms with Gasteiger partial charge in [0.05, 0.1) is 12.5 Å². The van der Waals surface area contributed by atoms with Crippen LogP contribution in [-0.2, 0) is 17.6 Å². The number of hydrogen-bond acceptors (Lipinski definition) is 5. The summed E-state index contributed by atoms with van der Waals surface area (Å²) in [6.45, 7) is 4.03. The lowest BCUT2D eigenvalue weighted by atomic mass is 10.0. The summed E-state index contributed by atoms with van der Waals surface area (Å²) in [7, 11) is 0. The molecule has 0 spiro atoms. The first-order chi connectivity index (χ1) is 12.0. The molecule has 1 aliphatic rings. The maximum atomic E-state index is 12.2. The van der Waals surface area contributed by atoms with E-state index in [0.29, 0.717) is 11.6 Å². The van der Waals surface area contributed by atoms with E-state index in [0.717, 1.165) is 41.1 Å². The normalized spacial score (nSPS) is 13.9. The standard InChI is InChI=1S/C17H21N5O2S/c1-3-4-5-15-21-22-17(25-15)20-16(24)18-10(2)11-6-7-13-12(8-11)9-14(23)19-13/h6-8,10H,3-5,9H2,1-2H3,(H,19,23)(H2,18,20,22,24). The van der Waals surface area contributed by atoms with E-state index in [2.05, 4.69) is 33.1 Å². The second-order valence-corrected chi connectivity index (χ2v) is 7.13. The molecule has 0 fully saturated rings. The lowest BCUT2D eigenvalue weighted by Gasteiger charge is -2.15. The molecule has 132 valence electrons. The fraction of sp³-hybridized carbons (Fsp3) is 0.412. The Kier molecular flexibility index (Phi) is 5.28. The van der Waals surface area contributed by atoms with E-state index in [-0.39, 0.29) is 18.0 Å². The molecule has 2 heterocycles. The molecule has 0 saturated heterocycles. The zero-order valence-electron chi connectivity index (χ0n) is 14.3. The van der Waals surface area contributed by atoms with Crippen molar-refractivity contribution in [3.63, 3.8) is 0 Å². The molecule has 1 aliphatic heterocycles. The van der Waals surface area contributed by atoms with Gasteiger partial charge < -0.3 is 10.6 Å². The van der Waals surface area contributed by atoms with Crippen molar-refractivity contribution in [3.05, 3.63) is 34.3 Å². The van der Waals surface area contributed by atoms with Gasteiger partial charge in [0, 0.05) is 12.1 Å². The van der Waals surface area contributed by atoms with Crippen LogP contribution >= 0.6 is 11.3 Å². The van der Waals surface area contributed by atoms with Crippen molar-refractivity contribution in [2.24, 2.45) is 0 Å². The summed E-state index contributed by atoms with van der Waals surface area (Å²) >= 11 is 1.40. The quantitative estimate of drug-likeness (QED) is 0.737. The fourth-order valence-electron chi connectivity index (χ4n) is 2.66. The lowest BCUT2D eigenvalue weighted by Crippen LogP contribution is -2.31. The maximum absolute atomic E-state index is 12.2. The minimum Gasteiger partial charge on any atom is -0.331 e. The van der Waals surface area contributed by atoms with Crippen molar-refractivity contribution in [2.45, 2.75) is 45.6 Å². The summed E-state index contributed by atoms with van der Waals surface area (Å²) < 4.78 is 0. The maximum Gasteiger partial charge on any atom is 0.321 e. The number of nitrogens with one attached hydrogen (secondary N) is 3. The summed E-state index contributed by atoms with van der Waals surface area (Å²) in [6.07, 6.45) is 3.43. The van der Waals surface area contributed by atoms with Gasteiger partial charge in [-0.3, -0.25) is 10.1 Å². The fourth-order valence-corrected chi connectivity index (χ4v) is 3.44. The van der Waals surface area contributed by atoms with E-state index in [1.54, 1.807) is 0 Å². The van der Waals surface area contributed by atoms with Gasteiger partial charge in [0.25, 0.3) is 0 Å². The van der Waals surface area contributed by atoms with E-state index in [1.807, 2.05) is 25.1 Å². The Labute approximate surface area is 150 Å². The molecule has 7 nitrogen and oxygen atoms in total. The first-order valence-corrected chi connectivity index (χ1v) is 9.19. The number of anilines is 2. The van der Waals surface area contributed by atoms with Gasteiger partial charge >= 0.3 is 6.03 Å². The Morgan fingerprint density at radius 3 is 3.04 bits per heavy atom. The topological polar surface area (TPSA) is 96.0 Å². The van der Waals surface area contributed by atoms with Crippen LogP contribution in [0.1, 0.15) is 48.9 Å². The zero-order valence-corrected chi connectivity index (χ0v) is 15.1. The first-order valence-electron chi connectivity index (χ1n) is 8.37. The summed E-state index contributed by atoms with van der Waals surface area (Å²) in [5.41, 5.74) is 2.76. The lowest BCUT2D eigenvalue weighted by molar-refractivity contribution is -0.115. The van der Waals surface area contributed by atoms with Crippen LogP contribution in [0, 0.1) is 0 Å². The minimum atomic E-state index is -0.319. The van der Waals surface area contributed by atoms with Gasteiger partial charge in [-0.15, -0.1) is 10.2 Å². The Balaban J connectivity index is 1.56. The van der Waals surface area contributed by atoms with Gasteiger partial charge in [0.1, 0.15) is 5.01 Å². The number of carbonyl (C=O) groups excluding carboxylic acids is 2. The molecule has 0 saturated carbocycles. The van der Waals surface area contributed by atoms with Crippen LogP contribution in [0.15, 0.2) is 18.2 Å². The zero-order chi connectivity index (χ0) is 17.8. The highest BCUT2D eigenvalue weighted by atomic mass is 32.1. The Hall–Kier alpha value is -2.48. The van der Waals surface area contributed by atoms with Crippen LogP contribution in [0.2, 0.25) is 0 Å². The molecule has 1 atom stereocenters. The summed E-state index contributed by atoms with van der Waals surface area (Å²) in [6, 6.07) is 5.22. The highest BCUT2D eigenvalue weighted by Crippen LogP contribution is 2.26. The predicted molar refractivity (Wildman–Crippen MR) is 97.9 cm³/mol. The minimum absolute atomic E-state index is 0.000604. The second-order valence-electron chi connectivity index (χ2n) is 6.07. The van der Waals surface area contributed by atoms with Crippen LogP contribution in [0.5, 0.6) is 0 Å². The monoisotopic (exact) mass is 359 g/mol. The SMILES string of the molecule is CCCCc1nnc(NC(=O)NC(C)c2ccc3c(c2)CC(=O)N3)s1. The molecule has 0 radical (unpaired) electrons. The van der Waals surface area contributed by atoms with Crippen molar-refractivity contribution in [3.8, 4) is 0 Å². The molecule has 25 heavy (non-hydrogen) atoms. The molecule has 0 bridgehead atoms. The van der Waals surface area contributed by atoms with Crippen LogP contribution in [0.25, 0.3) is 0 Å². The first kappa shape index (κ1) is 17.3. The van der Waals surface area contributed by atoms with Gasteiger partial charge in [-0.2, -0.15) is 0 Å². The number of amides is 3. The number of unbranched alkanes of at least 4 members (excludes halogenated alkanes) is 1. The second kappa shape index (κ2) is 7.60. The van der Waals surface area contributed by atoms with E-state index in [4.69, 9.17) is 0 Å². The molecule has 3 rings (SSSR count). The van der Waals surface area contributed by atoms with Gasteiger partial charge in [0.2, 0.25) is 11.0 Å². The van der Waals surface area contributed by atoms with Crippen molar-refractivity contribution in [2.75, 3.05) is 10.6 Å². The number of urea groups is 1. The molecule has 1 aromatic carbocycles. The molecule has 3 N–H and O–H groups in total. The Morgan fingerprint density at radius 1 is 1.40 bits per heavy atom. The van der Waals surface area contributed by atoms with Crippen LogP contribution < -0.4 is 16.0 Å². The molecule has 2 aromatic rings. The third kappa shape index (κ3) is 4.33. The number of aryl methyl sites for hydroxylation is 1. The highest BCUT2D eigenvalue weighted by Gasteiger charge is 2.19. The smallest absolute Gasteiger partial charge is 0.321 e. The number of carbonyl (C=O) groups is 2. The number of nitrogens with zero attached hydrogens (tertiary/aromatic N) is 2. The molecule has 3 amide bonds.